The summed E-state index contributed by atoms with van der Waals surface area (Å²) < 4.78 is 5.30. The molecule has 0 amide bonds. The third-order valence-electron chi connectivity index (χ3n) is 15.8. The van der Waals surface area contributed by atoms with Crippen LogP contribution in [0.5, 0.6) is 0 Å². The van der Waals surface area contributed by atoms with Crippen molar-refractivity contribution in [2.75, 3.05) is 4.90 Å². The topological polar surface area (TPSA) is 3.24 Å². The van der Waals surface area contributed by atoms with E-state index in [9.17, 15) is 0 Å². The highest BCUT2D eigenvalue weighted by Gasteiger charge is 2.46. The Morgan fingerprint density at radius 2 is 0.632 bits per heavy atom. The Kier molecular flexibility index (Phi) is 10.6. The van der Waals surface area contributed by atoms with Crippen LogP contribution in [0.2, 0.25) is 0 Å². The fraction of sp³-hybridized carbons (Fsp3) is 0.0137. The third kappa shape index (κ3) is 7.27. The molecule has 0 N–H and O–H groups in total. The maximum atomic E-state index is 2.43. The lowest BCUT2D eigenvalue weighted by Gasteiger charge is -2.34. The van der Waals surface area contributed by atoms with Crippen LogP contribution in [0.25, 0.3) is 96.0 Å². The maximum Gasteiger partial charge on any atom is 0.0713 e. The van der Waals surface area contributed by atoms with E-state index >= 15 is 0 Å². The second-order valence-corrected chi connectivity index (χ2v) is 22.1. The van der Waals surface area contributed by atoms with Crippen LogP contribution in [-0.4, -0.2) is 0 Å². The predicted octanol–water partition coefficient (Wildman–Crippen LogP) is 20.9. The van der Waals surface area contributed by atoms with Gasteiger partial charge >= 0.3 is 0 Å². The lowest BCUT2D eigenvalue weighted by molar-refractivity contribution is 0.768. The van der Waals surface area contributed by atoms with E-state index in [1.165, 1.54) is 118 Å². The molecule has 76 heavy (non-hydrogen) atoms. The summed E-state index contributed by atoms with van der Waals surface area (Å²) in [5.41, 5.74) is 20.0. The van der Waals surface area contributed by atoms with Gasteiger partial charge in [0.25, 0.3) is 0 Å². The zero-order valence-corrected chi connectivity index (χ0v) is 43.0. The third-order valence-corrected chi connectivity index (χ3v) is 18.1. The van der Waals surface area contributed by atoms with Crippen molar-refractivity contribution in [1.29, 1.82) is 0 Å². The summed E-state index contributed by atoms with van der Waals surface area (Å²) in [4.78, 5) is 2.43. The van der Waals surface area contributed by atoms with Gasteiger partial charge in [0.05, 0.1) is 5.41 Å². The Balaban J connectivity index is 0.831. The SMILES string of the molecule is c1ccc(C2(c3ccccc3)c3ccccc3-c3cc(N(c4ccc(-c5cccc(-c6ccc7sc8ccccc8c7c6)c5)cc4)c4ccc(-c5cccc(-c6ccc7sc8ccccc8c7c6)c5)cc4)ccc32)cc1. The zero-order chi connectivity index (χ0) is 50.2. The fourth-order valence-electron chi connectivity index (χ4n) is 12.2. The first-order chi connectivity index (χ1) is 37.6. The summed E-state index contributed by atoms with van der Waals surface area (Å²) in [6.07, 6.45) is 0. The minimum absolute atomic E-state index is 0.476. The van der Waals surface area contributed by atoms with Crippen LogP contribution < -0.4 is 4.90 Å². The smallest absolute Gasteiger partial charge is 0.0713 e. The van der Waals surface area contributed by atoms with Gasteiger partial charge in [-0.2, -0.15) is 0 Å². The molecule has 0 spiro atoms. The minimum atomic E-state index is -0.476. The van der Waals surface area contributed by atoms with Gasteiger partial charge < -0.3 is 4.90 Å². The number of nitrogens with zero attached hydrogens (tertiary/aromatic N) is 1. The molecule has 0 saturated heterocycles. The molecule has 0 fully saturated rings. The number of rotatable bonds is 9. The van der Waals surface area contributed by atoms with Gasteiger partial charge in [-0.15, -0.1) is 22.7 Å². The van der Waals surface area contributed by atoms with Gasteiger partial charge in [0, 0.05) is 57.4 Å². The molecule has 0 unspecified atom stereocenters. The molecule has 0 bridgehead atoms. The van der Waals surface area contributed by atoms with Gasteiger partial charge in [-0.25, -0.2) is 0 Å². The number of hydrogen-bond donors (Lipinski definition) is 0. The Bertz CT molecular complexity index is 4270. The molecular formula is C73H47NS2. The van der Waals surface area contributed by atoms with Crippen molar-refractivity contribution >= 4 is 80.1 Å². The summed E-state index contributed by atoms with van der Waals surface area (Å²) >= 11 is 3.72. The molecule has 2 aromatic heterocycles. The number of fused-ring (bicyclic) bond motifs is 9. The Morgan fingerprint density at radius 1 is 0.237 bits per heavy atom. The lowest BCUT2D eigenvalue weighted by Crippen LogP contribution is -2.28. The van der Waals surface area contributed by atoms with Crippen molar-refractivity contribution in [2.45, 2.75) is 5.41 Å². The van der Waals surface area contributed by atoms with Crippen molar-refractivity contribution in [3.05, 3.63) is 307 Å². The van der Waals surface area contributed by atoms with E-state index in [2.05, 4.69) is 290 Å². The second kappa shape index (κ2) is 18.1. The van der Waals surface area contributed by atoms with Gasteiger partial charge in [0.15, 0.2) is 0 Å². The molecule has 2 heterocycles. The molecule has 356 valence electrons. The van der Waals surface area contributed by atoms with Crippen LogP contribution in [0.1, 0.15) is 22.3 Å². The molecule has 14 aromatic rings. The monoisotopic (exact) mass is 1000 g/mol. The highest BCUT2D eigenvalue weighted by molar-refractivity contribution is 7.26. The lowest BCUT2D eigenvalue weighted by atomic mass is 9.68. The predicted molar refractivity (Wildman–Crippen MR) is 326 cm³/mol. The van der Waals surface area contributed by atoms with E-state index in [0.717, 1.165) is 17.1 Å². The molecule has 0 saturated carbocycles. The Morgan fingerprint density at radius 3 is 1.16 bits per heavy atom. The van der Waals surface area contributed by atoms with Crippen LogP contribution >= 0.6 is 22.7 Å². The molecule has 1 nitrogen and oxygen atoms in total. The van der Waals surface area contributed by atoms with Gasteiger partial charge in [0.1, 0.15) is 0 Å². The number of hydrogen-bond acceptors (Lipinski definition) is 3. The number of anilines is 3. The van der Waals surface area contributed by atoms with E-state index < -0.39 is 5.41 Å². The molecular weight excluding hydrogens is 955 g/mol. The second-order valence-electron chi connectivity index (χ2n) is 20.0. The first-order valence-electron chi connectivity index (χ1n) is 26.0. The normalized spacial score (nSPS) is 12.6. The maximum absolute atomic E-state index is 2.43. The highest BCUT2D eigenvalue weighted by atomic mass is 32.1. The molecule has 0 radical (unpaired) electrons. The quantitative estimate of drug-likeness (QED) is 0.139. The summed E-state index contributed by atoms with van der Waals surface area (Å²) in [7, 11) is 0. The zero-order valence-electron chi connectivity index (χ0n) is 41.4. The molecule has 12 aromatic carbocycles. The van der Waals surface area contributed by atoms with E-state index in [-0.39, 0.29) is 0 Å². The van der Waals surface area contributed by atoms with Crippen molar-refractivity contribution in [2.24, 2.45) is 0 Å². The van der Waals surface area contributed by atoms with Gasteiger partial charge in [-0.05, 0) is 163 Å². The standard InChI is InChI=1S/C73H47NS2/c1-3-19-56(20-4-1)73(57-21-5-2-6-22-57)67-26-10-7-23-61(67)64-47-60(39-40-68(64)73)74(58-35-29-48(30-36-58)50-15-13-17-52(43-50)54-33-41-71-65(45-54)62-24-8-11-27-69(62)75-71)59-37-31-49(32-38-59)51-16-14-18-53(44-51)55-34-42-72-66(46-55)63-25-9-12-28-70(63)76-72/h1-47H. The van der Waals surface area contributed by atoms with Gasteiger partial charge in [-0.3, -0.25) is 0 Å². The summed E-state index contributed by atoms with van der Waals surface area (Å²) in [6.45, 7) is 0. The van der Waals surface area contributed by atoms with Crippen molar-refractivity contribution in [3.63, 3.8) is 0 Å². The van der Waals surface area contributed by atoms with Crippen LogP contribution in [0.3, 0.4) is 0 Å². The minimum Gasteiger partial charge on any atom is -0.310 e. The Hall–Kier alpha value is -9.12. The van der Waals surface area contributed by atoms with E-state index in [1.807, 2.05) is 22.7 Å². The van der Waals surface area contributed by atoms with E-state index in [1.54, 1.807) is 0 Å². The van der Waals surface area contributed by atoms with Gasteiger partial charge in [0.2, 0.25) is 0 Å². The summed E-state index contributed by atoms with van der Waals surface area (Å²) in [5.74, 6) is 0. The van der Waals surface area contributed by atoms with Crippen LogP contribution in [0.15, 0.2) is 285 Å². The number of benzene rings is 12. The van der Waals surface area contributed by atoms with Crippen molar-refractivity contribution in [1.82, 2.24) is 0 Å². The van der Waals surface area contributed by atoms with E-state index in [4.69, 9.17) is 0 Å². The van der Waals surface area contributed by atoms with Crippen LogP contribution in [0, 0.1) is 0 Å². The molecule has 1 aliphatic rings. The number of thiophene rings is 2. The van der Waals surface area contributed by atoms with Crippen LogP contribution in [0.4, 0.5) is 17.1 Å². The van der Waals surface area contributed by atoms with Crippen molar-refractivity contribution < 1.29 is 0 Å². The summed E-state index contributed by atoms with van der Waals surface area (Å²) in [5, 5.41) is 5.27. The summed E-state index contributed by atoms with van der Waals surface area (Å²) in [6, 6.07) is 106. The molecule has 0 atom stereocenters. The van der Waals surface area contributed by atoms with Crippen LogP contribution in [-0.2, 0) is 5.41 Å². The first kappa shape index (κ1) is 44.4. The fourth-order valence-corrected chi connectivity index (χ4v) is 14.4. The van der Waals surface area contributed by atoms with Gasteiger partial charge in [-0.1, -0.05) is 200 Å². The molecule has 15 rings (SSSR count). The Labute approximate surface area is 450 Å². The molecule has 3 heteroatoms. The van der Waals surface area contributed by atoms with Crippen molar-refractivity contribution in [3.8, 4) is 55.6 Å². The molecule has 0 aliphatic heterocycles. The average Bonchev–Trinajstić information content (AvgIpc) is 4.21. The average molecular weight is 1000 g/mol. The largest absolute Gasteiger partial charge is 0.310 e. The van der Waals surface area contributed by atoms with E-state index in [0.29, 0.717) is 0 Å². The molecule has 1 aliphatic carbocycles. The highest BCUT2D eigenvalue weighted by Crippen LogP contribution is 2.57. The first-order valence-corrected chi connectivity index (χ1v) is 27.7.